The normalized spacial score (nSPS) is 10.5. The Balaban J connectivity index is 2.80. The molecule has 0 radical (unpaired) electrons. The van der Waals surface area contributed by atoms with Gasteiger partial charge in [-0.25, -0.2) is 9.07 Å². The van der Waals surface area contributed by atoms with Crippen molar-refractivity contribution in [1.82, 2.24) is 19.3 Å². The van der Waals surface area contributed by atoms with E-state index in [0.717, 1.165) is 5.56 Å². The zero-order valence-electron chi connectivity index (χ0n) is 4.90. The van der Waals surface area contributed by atoms with Crippen LogP contribution in [0.5, 0.6) is 0 Å². The van der Waals surface area contributed by atoms with Crippen molar-refractivity contribution < 1.29 is 0 Å². The van der Waals surface area contributed by atoms with Gasteiger partial charge in [0.25, 0.3) is 0 Å². The molecule has 0 spiro atoms. The molecule has 0 N–H and O–H groups in total. The van der Waals surface area contributed by atoms with Crippen LogP contribution in [0.25, 0.3) is 11.4 Å². The van der Waals surface area contributed by atoms with Crippen LogP contribution in [0, 0.1) is 0 Å². The molecular formula is C5H3ClN4. The van der Waals surface area contributed by atoms with Gasteiger partial charge in [0.15, 0.2) is 5.82 Å². The van der Waals surface area contributed by atoms with Crippen LogP contribution in [-0.2, 0) is 0 Å². The molecule has 0 aliphatic carbocycles. The largest absolute Gasteiger partial charge is 0.245 e. The zero-order chi connectivity index (χ0) is 6.97. The number of aromatic nitrogens is 4. The lowest BCUT2D eigenvalue weighted by molar-refractivity contribution is 1.01. The van der Waals surface area contributed by atoms with E-state index in [9.17, 15) is 0 Å². The molecule has 2 rings (SSSR count). The highest BCUT2D eigenvalue weighted by atomic mass is 35.5. The van der Waals surface area contributed by atoms with Crippen molar-refractivity contribution in [1.29, 1.82) is 0 Å². The molecule has 0 bridgehead atoms. The minimum absolute atomic E-state index is 0.636. The number of hydrogen-bond donors (Lipinski definition) is 0. The van der Waals surface area contributed by atoms with Crippen LogP contribution in [0.1, 0.15) is 0 Å². The molecule has 0 aromatic rings. The summed E-state index contributed by atoms with van der Waals surface area (Å²) in [5.41, 5.74) is 0.845. The lowest BCUT2D eigenvalue weighted by atomic mass is 10.3. The van der Waals surface area contributed by atoms with E-state index in [1.54, 1.807) is 12.4 Å². The fourth-order valence-electron chi connectivity index (χ4n) is 0.745. The van der Waals surface area contributed by atoms with E-state index < -0.39 is 0 Å². The lowest BCUT2D eigenvalue weighted by Crippen LogP contribution is -1.91. The van der Waals surface area contributed by atoms with Crippen LogP contribution in [0.3, 0.4) is 0 Å². The van der Waals surface area contributed by atoms with Crippen molar-refractivity contribution in [2.24, 2.45) is 0 Å². The molecule has 4 nitrogen and oxygen atoms in total. The minimum Gasteiger partial charge on any atom is -0.245 e. The van der Waals surface area contributed by atoms with Gasteiger partial charge in [0, 0.05) is 18.0 Å². The molecule has 2 aliphatic rings. The summed E-state index contributed by atoms with van der Waals surface area (Å²) in [5, 5.41) is 7.43. The van der Waals surface area contributed by atoms with Crippen LogP contribution in [0.2, 0.25) is 0 Å². The van der Waals surface area contributed by atoms with Gasteiger partial charge in [0.1, 0.15) is 6.33 Å². The smallest absolute Gasteiger partial charge is 0.181 e. The predicted molar refractivity (Wildman–Crippen MR) is 35.7 cm³/mol. The van der Waals surface area contributed by atoms with E-state index >= 15 is 0 Å². The second-order valence-corrected chi connectivity index (χ2v) is 2.19. The Kier molecular flexibility index (Phi) is 1.07. The standard InChI is InChI=1S/C5H3ClN4/c6-10-3-7-1-4-2-8-9-5(4)10/h1-3H. The maximum atomic E-state index is 5.65. The van der Waals surface area contributed by atoms with Gasteiger partial charge < -0.3 is 0 Å². The molecule has 10 heavy (non-hydrogen) atoms. The molecule has 50 valence electrons. The molecular weight excluding hydrogens is 152 g/mol. The summed E-state index contributed by atoms with van der Waals surface area (Å²) in [6.45, 7) is 0. The molecule has 0 aromatic heterocycles. The molecule has 0 unspecified atom stereocenters. The number of hydrogen-bond acceptors (Lipinski definition) is 3. The van der Waals surface area contributed by atoms with E-state index in [0.29, 0.717) is 5.82 Å². The van der Waals surface area contributed by atoms with E-state index in [2.05, 4.69) is 15.2 Å². The lowest BCUT2D eigenvalue weighted by Gasteiger charge is -1.96. The minimum atomic E-state index is 0.636. The van der Waals surface area contributed by atoms with Crippen LogP contribution >= 0.6 is 11.8 Å². The van der Waals surface area contributed by atoms with Crippen LogP contribution in [0.4, 0.5) is 0 Å². The molecule has 2 heterocycles. The Labute approximate surface area is 61.9 Å². The predicted octanol–water partition coefficient (Wildman–Crippen LogP) is 0.780. The third-order valence-corrected chi connectivity index (χ3v) is 1.44. The van der Waals surface area contributed by atoms with Gasteiger partial charge in [0.05, 0.1) is 11.8 Å². The number of nitrogens with zero attached hydrogens (tertiary/aromatic N) is 4. The molecule has 0 atom stereocenters. The quantitative estimate of drug-likeness (QED) is 0.563. The van der Waals surface area contributed by atoms with Crippen molar-refractivity contribution in [2.75, 3.05) is 0 Å². The maximum Gasteiger partial charge on any atom is 0.181 e. The molecule has 0 amide bonds. The summed E-state index contributed by atoms with van der Waals surface area (Å²) in [7, 11) is 0. The first-order chi connectivity index (χ1) is 4.88. The Morgan fingerprint density at radius 1 is 1.40 bits per heavy atom. The number of fused-ring (bicyclic) bond motifs is 1. The number of halogens is 1. The van der Waals surface area contributed by atoms with E-state index in [-0.39, 0.29) is 0 Å². The summed E-state index contributed by atoms with van der Waals surface area (Å²) < 4.78 is 1.31. The van der Waals surface area contributed by atoms with Gasteiger partial charge in [0.2, 0.25) is 0 Å². The second kappa shape index (κ2) is 1.91. The topological polar surface area (TPSA) is 43.6 Å². The fourth-order valence-corrected chi connectivity index (χ4v) is 0.927. The summed E-state index contributed by atoms with van der Waals surface area (Å²) >= 11 is 5.65. The Hall–Kier alpha value is -1.16. The van der Waals surface area contributed by atoms with Gasteiger partial charge in [-0.15, -0.1) is 5.10 Å². The van der Waals surface area contributed by atoms with Crippen molar-refractivity contribution in [3.63, 3.8) is 0 Å². The zero-order valence-corrected chi connectivity index (χ0v) is 5.65. The van der Waals surface area contributed by atoms with Crippen molar-refractivity contribution in [3.8, 4) is 11.4 Å². The van der Waals surface area contributed by atoms with E-state index in [1.165, 1.54) is 10.4 Å². The van der Waals surface area contributed by atoms with Crippen LogP contribution in [0.15, 0.2) is 18.7 Å². The first-order valence-corrected chi connectivity index (χ1v) is 3.01. The molecule has 2 aliphatic heterocycles. The molecule has 0 aromatic carbocycles. The van der Waals surface area contributed by atoms with Gasteiger partial charge in [-0.1, -0.05) is 0 Å². The van der Waals surface area contributed by atoms with Gasteiger partial charge in [-0.3, -0.25) is 0 Å². The van der Waals surface area contributed by atoms with Gasteiger partial charge in [-0.2, -0.15) is 5.10 Å². The molecule has 0 fully saturated rings. The average molecular weight is 155 g/mol. The Bertz CT molecular complexity index is 318. The second-order valence-electron chi connectivity index (χ2n) is 1.83. The molecule has 0 saturated carbocycles. The third-order valence-electron chi connectivity index (χ3n) is 1.19. The first kappa shape index (κ1) is 5.61. The molecule has 0 saturated heterocycles. The summed E-state index contributed by atoms with van der Waals surface area (Å²) in [4.78, 5) is 3.84. The summed E-state index contributed by atoms with van der Waals surface area (Å²) in [6.07, 6.45) is 4.74. The summed E-state index contributed by atoms with van der Waals surface area (Å²) in [6, 6.07) is 0. The van der Waals surface area contributed by atoms with E-state index in [1.807, 2.05) is 0 Å². The summed E-state index contributed by atoms with van der Waals surface area (Å²) in [5.74, 6) is 0.636. The molecule has 5 heteroatoms. The highest BCUT2D eigenvalue weighted by Gasteiger charge is 2.06. The average Bonchev–Trinajstić information content (AvgIpc) is 2.36. The monoisotopic (exact) mass is 154 g/mol. The van der Waals surface area contributed by atoms with Crippen LogP contribution in [-0.4, -0.2) is 19.3 Å². The Morgan fingerprint density at radius 2 is 2.30 bits per heavy atom. The third kappa shape index (κ3) is 0.657. The van der Waals surface area contributed by atoms with Gasteiger partial charge in [-0.05, 0) is 0 Å². The van der Waals surface area contributed by atoms with Crippen molar-refractivity contribution in [2.45, 2.75) is 0 Å². The highest BCUT2D eigenvalue weighted by molar-refractivity contribution is 6.16. The van der Waals surface area contributed by atoms with Crippen molar-refractivity contribution in [3.05, 3.63) is 18.7 Å². The number of rotatable bonds is 0. The Morgan fingerprint density at radius 3 is 3.10 bits per heavy atom. The van der Waals surface area contributed by atoms with Crippen molar-refractivity contribution >= 4 is 11.8 Å². The highest BCUT2D eigenvalue weighted by Crippen LogP contribution is 2.15. The van der Waals surface area contributed by atoms with Crippen LogP contribution < -0.4 is 0 Å². The van der Waals surface area contributed by atoms with E-state index in [4.69, 9.17) is 11.8 Å². The maximum absolute atomic E-state index is 5.65. The first-order valence-electron chi connectivity index (χ1n) is 2.68. The SMILES string of the molecule is Cln1cncc2cnnc1-2. The fraction of sp³-hybridized carbons (Fsp3) is 0. The van der Waals surface area contributed by atoms with Gasteiger partial charge >= 0.3 is 0 Å².